The second kappa shape index (κ2) is 6.86. The van der Waals surface area contributed by atoms with Gasteiger partial charge in [-0.25, -0.2) is 0 Å². The van der Waals surface area contributed by atoms with Crippen molar-refractivity contribution in [1.82, 2.24) is 0 Å². The summed E-state index contributed by atoms with van der Waals surface area (Å²) in [6.07, 6.45) is 5.99. The minimum atomic E-state index is -0.784. The highest BCUT2D eigenvalue weighted by atomic mass is 32.2. The second-order valence-corrected chi connectivity index (χ2v) is 7.99. The molecule has 0 aliphatic heterocycles. The summed E-state index contributed by atoms with van der Waals surface area (Å²) in [5.41, 5.74) is 11.3. The SMILES string of the molecule is Cc1cc(C)c(C(N)CS(=O)C2CCCCC2)c(C)c1. The van der Waals surface area contributed by atoms with Crippen molar-refractivity contribution in [1.29, 1.82) is 0 Å². The molecule has 0 heterocycles. The maximum Gasteiger partial charge on any atom is 0.0431 e. The van der Waals surface area contributed by atoms with E-state index in [2.05, 4.69) is 32.9 Å². The van der Waals surface area contributed by atoms with Gasteiger partial charge in [0.2, 0.25) is 0 Å². The van der Waals surface area contributed by atoms with E-state index in [-0.39, 0.29) is 6.04 Å². The summed E-state index contributed by atoms with van der Waals surface area (Å²) in [5.74, 6) is 0.607. The maximum atomic E-state index is 12.5. The van der Waals surface area contributed by atoms with Gasteiger partial charge in [-0.1, -0.05) is 37.0 Å². The van der Waals surface area contributed by atoms with Gasteiger partial charge in [0.25, 0.3) is 0 Å². The molecule has 1 aromatic carbocycles. The zero-order valence-corrected chi connectivity index (χ0v) is 13.8. The summed E-state index contributed by atoms with van der Waals surface area (Å²) in [4.78, 5) is 0. The molecule has 1 aliphatic rings. The van der Waals surface area contributed by atoms with Crippen molar-refractivity contribution in [2.45, 2.75) is 64.2 Å². The quantitative estimate of drug-likeness (QED) is 0.920. The van der Waals surface area contributed by atoms with Gasteiger partial charge >= 0.3 is 0 Å². The molecule has 1 saturated carbocycles. The van der Waals surface area contributed by atoms with Crippen LogP contribution in [0.5, 0.6) is 0 Å². The first-order valence-corrected chi connectivity index (χ1v) is 9.07. The molecule has 0 radical (unpaired) electrons. The van der Waals surface area contributed by atoms with Crippen molar-refractivity contribution in [2.24, 2.45) is 5.73 Å². The van der Waals surface area contributed by atoms with Crippen LogP contribution in [0.2, 0.25) is 0 Å². The van der Waals surface area contributed by atoms with Crippen LogP contribution in [0.3, 0.4) is 0 Å². The van der Waals surface area contributed by atoms with Crippen molar-refractivity contribution in [3.8, 4) is 0 Å². The fourth-order valence-electron chi connectivity index (χ4n) is 3.50. The van der Waals surface area contributed by atoms with Crippen LogP contribution in [0.15, 0.2) is 12.1 Å². The number of hydrogen-bond acceptors (Lipinski definition) is 2. The summed E-state index contributed by atoms with van der Waals surface area (Å²) in [7, 11) is -0.784. The lowest BCUT2D eigenvalue weighted by Crippen LogP contribution is -2.27. The molecule has 0 spiro atoms. The Morgan fingerprint density at radius 2 is 1.70 bits per heavy atom. The largest absolute Gasteiger partial charge is 0.323 e. The average molecular weight is 293 g/mol. The Morgan fingerprint density at radius 1 is 1.15 bits per heavy atom. The van der Waals surface area contributed by atoms with Crippen molar-refractivity contribution < 1.29 is 4.21 Å². The highest BCUT2D eigenvalue weighted by Gasteiger charge is 2.23. The zero-order chi connectivity index (χ0) is 14.7. The van der Waals surface area contributed by atoms with E-state index in [0.717, 1.165) is 12.8 Å². The molecule has 3 heteroatoms. The van der Waals surface area contributed by atoms with Crippen molar-refractivity contribution in [2.75, 3.05) is 5.75 Å². The summed E-state index contributed by atoms with van der Waals surface area (Å²) in [5, 5.41) is 0.376. The van der Waals surface area contributed by atoms with Gasteiger partial charge in [0.05, 0.1) is 0 Å². The first-order chi connectivity index (χ1) is 9.49. The highest BCUT2D eigenvalue weighted by molar-refractivity contribution is 7.85. The van der Waals surface area contributed by atoms with Gasteiger partial charge in [-0.3, -0.25) is 4.21 Å². The number of benzene rings is 1. The Bertz CT molecular complexity index is 469. The Kier molecular flexibility index (Phi) is 5.39. The third-order valence-electron chi connectivity index (χ3n) is 4.38. The molecular formula is C17H27NOS. The lowest BCUT2D eigenvalue weighted by molar-refractivity contribution is 0.503. The van der Waals surface area contributed by atoms with Crippen molar-refractivity contribution >= 4 is 10.8 Å². The molecule has 2 N–H and O–H groups in total. The molecule has 1 fully saturated rings. The Morgan fingerprint density at radius 3 is 2.25 bits per heavy atom. The molecule has 0 aromatic heterocycles. The molecular weight excluding hydrogens is 266 g/mol. The Hall–Kier alpha value is -0.670. The average Bonchev–Trinajstić information content (AvgIpc) is 2.38. The van der Waals surface area contributed by atoms with Gasteiger partial charge in [-0.2, -0.15) is 0 Å². The zero-order valence-electron chi connectivity index (χ0n) is 12.9. The van der Waals surface area contributed by atoms with Gasteiger partial charge < -0.3 is 5.73 Å². The topological polar surface area (TPSA) is 43.1 Å². The monoisotopic (exact) mass is 293 g/mol. The van der Waals surface area contributed by atoms with Crippen molar-refractivity contribution in [3.63, 3.8) is 0 Å². The van der Waals surface area contributed by atoms with E-state index in [9.17, 15) is 4.21 Å². The molecule has 1 aromatic rings. The van der Waals surface area contributed by atoms with E-state index in [1.165, 1.54) is 41.5 Å². The predicted molar refractivity (Wildman–Crippen MR) is 87.5 cm³/mol. The first-order valence-electron chi connectivity index (χ1n) is 7.69. The van der Waals surface area contributed by atoms with Gasteiger partial charge in [0.1, 0.15) is 0 Å². The van der Waals surface area contributed by atoms with Crippen LogP contribution in [0.25, 0.3) is 0 Å². The van der Waals surface area contributed by atoms with Crippen molar-refractivity contribution in [3.05, 3.63) is 34.4 Å². The number of rotatable bonds is 4. The maximum absolute atomic E-state index is 12.5. The third kappa shape index (κ3) is 3.70. The van der Waals surface area contributed by atoms with E-state index in [1.807, 2.05) is 0 Å². The minimum absolute atomic E-state index is 0.0987. The summed E-state index contributed by atoms with van der Waals surface area (Å²) >= 11 is 0. The molecule has 0 bridgehead atoms. The lowest BCUT2D eigenvalue weighted by atomic mass is 9.95. The predicted octanol–water partition coefficient (Wildman–Crippen LogP) is 3.69. The van der Waals surface area contributed by atoms with E-state index < -0.39 is 10.8 Å². The minimum Gasteiger partial charge on any atom is -0.323 e. The van der Waals surface area contributed by atoms with Crippen LogP contribution in [0.4, 0.5) is 0 Å². The van der Waals surface area contributed by atoms with Gasteiger partial charge in [0.15, 0.2) is 0 Å². The molecule has 0 saturated heterocycles. The number of hydrogen-bond donors (Lipinski definition) is 1. The smallest absolute Gasteiger partial charge is 0.0431 e. The fraction of sp³-hybridized carbons (Fsp3) is 0.647. The van der Waals surface area contributed by atoms with Crippen LogP contribution in [-0.4, -0.2) is 15.2 Å². The van der Waals surface area contributed by atoms with Crippen LogP contribution >= 0.6 is 0 Å². The van der Waals surface area contributed by atoms with E-state index >= 15 is 0 Å². The molecule has 2 nitrogen and oxygen atoms in total. The third-order valence-corrected chi connectivity index (χ3v) is 6.28. The Labute approximate surface area is 125 Å². The first kappa shape index (κ1) is 15.7. The molecule has 0 amide bonds. The van der Waals surface area contributed by atoms with E-state index in [0.29, 0.717) is 11.0 Å². The lowest BCUT2D eigenvalue weighted by Gasteiger charge is -2.24. The van der Waals surface area contributed by atoms with E-state index in [1.54, 1.807) is 0 Å². The highest BCUT2D eigenvalue weighted by Crippen LogP contribution is 2.26. The van der Waals surface area contributed by atoms with Gasteiger partial charge in [0, 0.05) is 27.8 Å². The number of nitrogens with two attached hydrogens (primary N) is 1. The number of aryl methyl sites for hydroxylation is 3. The molecule has 112 valence electrons. The fourth-order valence-corrected chi connectivity index (χ4v) is 5.15. The standard InChI is InChI=1S/C17H27NOS/c1-12-9-13(2)17(14(3)10-12)16(18)11-20(19)15-7-5-4-6-8-15/h9-10,15-16H,4-8,11,18H2,1-3H3. The van der Waals surface area contributed by atoms with Crippen LogP contribution in [-0.2, 0) is 10.8 Å². The molecule has 2 atom stereocenters. The molecule has 2 rings (SSSR count). The van der Waals surface area contributed by atoms with Crippen LogP contribution in [0, 0.1) is 20.8 Å². The molecule has 2 unspecified atom stereocenters. The molecule has 20 heavy (non-hydrogen) atoms. The molecule has 1 aliphatic carbocycles. The Balaban J connectivity index is 2.08. The van der Waals surface area contributed by atoms with E-state index in [4.69, 9.17) is 5.73 Å². The van der Waals surface area contributed by atoms with Crippen LogP contribution < -0.4 is 5.73 Å². The normalized spacial score (nSPS) is 19.8. The summed E-state index contributed by atoms with van der Waals surface area (Å²) in [6.45, 7) is 6.33. The summed E-state index contributed by atoms with van der Waals surface area (Å²) < 4.78 is 12.5. The van der Waals surface area contributed by atoms with Gasteiger partial charge in [-0.15, -0.1) is 0 Å². The van der Waals surface area contributed by atoms with Crippen LogP contribution in [0.1, 0.15) is 60.4 Å². The summed E-state index contributed by atoms with van der Waals surface area (Å²) in [6, 6.07) is 4.25. The van der Waals surface area contributed by atoms with Gasteiger partial charge in [-0.05, 0) is 50.3 Å². The second-order valence-electron chi connectivity index (χ2n) is 6.23.